The number of thioether (sulfide) groups is 1. The van der Waals surface area contributed by atoms with Crippen molar-refractivity contribution in [2.75, 3.05) is 6.54 Å². The summed E-state index contributed by atoms with van der Waals surface area (Å²) in [4.78, 5) is 35.7. The van der Waals surface area contributed by atoms with Crippen molar-refractivity contribution in [3.05, 3.63) is 53.3 Å². The maximum absolute atomic E-state index is 13.0. The van der Waals surface area contributed by atoms with Crippen LogP contribution in [0.25, 0.3) is 5.78 Å². The van der Waals surface area contributed by atoms with E-state index in [0.717, 1.165) is 12.8 Å². The standard InChI is InChI=1S/C18H16ClN5O2S/c19-13-7-5-12(6-8-13)15(25)23-10-2-1-4-14(16(23)26)27-18-21-17-20-9-3-11-24(17)22-18/h3,5-9,11,14H,1-2,4,10H2. The zero-order valence-electron chi connectivity index (χ0n) is 14.3. The Bertz CT molecular complexity index is 958. The van der Waals surface area contributed by atoms with Crippen molar-refractivity contribution < 1.29 is 9.59 Å². The highest BCUT2D eigenvalue weighted by molar-refractivity contribution is 8.00. The molecule has 0 aliphatic carbocycles. The lowest BCUT2D eigenvalue weighted by Gasteiger charge is -2.21. The zero-order valence-corrected chi connectivity index (χ0v) is 15.9. The number of carbonyl (C=O) groups is 2. The van der Waals surface area contributed by atoms with Gasteiger partial charge in [0, 0.05) is 29.5 Å². The highest BCUT2D eigenvalue weighted by Gasteiger charge is 2.33. The van der Waals surface area contributed by atoms with Gasteiger partial charge in [-0.2, -0.15) is 4.98 Å². The van der Waals surface area contributed by atoms with Gasteiger partial charge < -0.3 is 0 Å². The minimum Gasteiger partial charge on any atom is -0.278 e. The van der Waals surface area contributed by atoms with Crippen LogP contribution in [0.1, 0.15) is 29.6 Å². The molecule has 9 heteroatoms. The molecule has 1 aromatic carbocycles. The molecule has 7 nitrogen and oxygen atoms in total. The van der Waals surface area contributed by atoms with Crippen LogP contribution >= 0.6 is 23.4 Å². The number of carbonyl (C=O) groups excluding carboxylic acids is 2. The van der Waals surface area contributed by atoms with Crippen LogP contribution in [0.3, 0.4) is 0 Å². The normalized spacial score (nSPS) is 17.9. The number of halogens is 1. The molecule has 0 bridgehead atoms. The summed E-state index contributed by atoms with van der Waals surface area (Å²) < 4.78 is 1.57. The van der Waals surface area contributed by atoms with Crippen LogP contribution in [0.15, 0.2) is 47.9 Å². The van der Waals surface area contributed by atoms with Gasteiger partial charge in [-0.25, -0.2) is 9.50 Å². The van der Waals surface area contributed by atoms with Gasteiger partial charge in [0.2, 0.25) is 11.1 Å². The van der Waals surface area contributed by atoms with Crippen LogP contribution in [0.5, 0.6) is 0 Å². The fraction of sp³-hybridized carbons (Fsp3) is 0.278. The maximum Gasteiger partial charge on any atom is 0.260 e. The topological polar surface area (TPSA) is 80.5 Å². The third-order valence-corrected chi connectivity index (χ3v) is 5.68. The molecule has 27 heavy (non-hydrogen) atoms. The predicted molar refractivity (Wildman–Crippen MR) is 102 cm³/mol. The van der Waals surface area contributed by atoms with Crippen molar-refractivity contribution in [3.8, 4) is 0 Å². The molecule has 1 fully saturated rings. The molecule has 2 aromatic heterocycles. The average Bonchev–Trinajstić information content (AvgIpc) is 3.00. The minimum absolute atomic E-state index is 0.204. The minimum atomic E-state index is -0.402. The van der Waals surface area contributed by atoms with Gasteiger partial charge in [0.05, 0.1) is 5.25 Å². The van der Waals surface area contributed by atoms with Crippen LogP contribution in [-0.4, -0.2) is 48.1 Å². The zero-order chi connectivity index (χ0) is 18.8. The van der Waals surface area contributed by atoms with E-state index in [4.69, 9.17) is 11.6 Å². The molecule has 138 valence electrons. The maximum atomic E-state index is 13.0. The molecule has 1 aliphatic rings. The first-order valence-electron chi connectivity index (χ1n) is 8.57. The molecule has 2 amide bonds. The van der Waals surface area contributed by atoms with Gasteiger partial charge in [0.25, 0.3) is 11.7 Å². The summed E-state index contributed by atoms with van der Waals surface area (Å²) in [5.74, 6) is -0.0202. The van der Waals surface area contributed by atoms with Crippen LogP contribution in [0.4, 0.5) is 0 Å². The summed E-state index contributed by atoms with van der Waals surface area (Å²) in [6.45, 7) is 0.414. The third-order valence-electron chi connectivity index (χ3n) is 4.32. The van der Waals surface area contributed by atoms with Crippen molar-refractivity contribution in [2.24, 2.45) is 0 Å². The van der Waals surface area contributed by atoms with Gasteiger partial charge in [-0.05, 0) is 43.2 Å². The average molecular weight is 402 g/mol. The largest absolute Gasteiger partial charge is 0.278 e. The van der Waals surface area contributed by atoms with E-state index in [2.05, 4.69) is 15.1 Å². The molecule has 0 spiro atoms. The fourth-order valence-corrected chi connectivity index (χ4v) is 4.12. The number of hydrogen-bond donors (Lipinski definition) is 0. The lowest BCUT2D eigenvalue weighted by Crippen LogP contribution is -2.41. The van der Waals surface area contributed by atoms with E-state index in [1.54, 1.807) is 47.2 Å². The number of aromatic nitrogens is 4. The van der Waals surface area contributed by atoms with Crippen LogP contribution < -0.4 is 0 Å². The molecule has 1 atom stereocenters. The highest BCUT2D eigenvalue weighted by Crippen LogP contribution is 2.29. The van der Waals surface area contributed by atoms with Gasteiger partial charge in [0.1, 0.15) is 0 Å². The van der Waals surface area contributed by atoms with Crippen LogP contribution in [0, 0.1) is 0 Å². The molecule has 0 N–H and O–H groups in total. The fourth-order valence-electron chi connectivity index (χ4n) is 2.96. The van der Waals surface area contributed by atoms with Crippen molar-refractivity contribution in [3.63, 3.8) is 0 Å². The molecule has 1 saturated heterocycles. The number of hydrogen-bond acceptors (Lipinski definition) is 6. The summed E-state index contributed by atoms with van der Waals surface area (Å²) >= 11 is 7.17. The van der Waals surface area contributed by atoms with Gasteiger partial charge in [0.15, 0.2) is 0 Å². The predicted octanol–water partition coefficient (Wildman–Crippen LogP) is 3.09. The van der Waals surface area contributed by atoms with Crippen LogP contribution in [0.2, 0.25) is 5.02 Å². The van der Waals surface area contributed by atoms with Gasteiger partial charge in [-0.1, -0.05) is 29.8 Å². The SMILES string of the molecule is O=C(c1ccc(Cl)cc1)N1CCCCC(Sc2nc3ncccn3n2)C1=O. The molecular weight excluding hydrogens is 386 g/mol. The highest BCUT2D eigenvalue weighted by atomic mass is 35.5. The lowest BCUT2D eigenvalue weighted by molar-refractivity contribution is -0.127. The van der Waals surface area contributed by atoms with Crippen molar-refractivity contribution in [1.82, 2.24) is 24.5 Å². The molecule has 4 rings (SSSR count). The number of rotatable bonds is 3. The Kier molecular flexibility index (Phi) is 5.09. The van der Waals surface area contributed by atoms with Gasteiger partial charge in [-0.3, -0.25) is 14.5 Å². The van der Waals surface area contributed by atoms with E-state index in [1.165, 1.54) is 16.7 Å². The smallest absolute Gasteiger partial charge is 0.260 e. The summed E-state index contributed by atoms with van der Waals surface area (Å²) in [7, 11) is 0. The first kappa shape index (κ1) is 17.9. The first-order valence-corrected chi connectivity index (χ1v) is 9.83. The summed E-state index contributed by atoms with van der Waals surface area (Å²) in [5, 5.41) is 4.97. The van der Waals surface area contributed by atoms with Crippen molar-refractivity contribution in [2.45, 2.75) is 29.7 Å². The summed E-state index contributed by atoms with van der Waals surface area (Å²) in [6, 6.07) is 8.34. The number of amides is 2. The molecular formula is C18H16ClN5O2S. The molecule has 3 aromatic rings. The number of likely N-dealkylation sites (tertiary alicyclic amines) is 1. The Balaban J connectivity index is 1.55. The lowest BCUT2D eigenvalue weighted by atomic mass is 10.2. The molecule has 1 aliphatic heterocycles. The molecule has 3 heterocycles. The second-order valence-electron chi connectivity index (χ2n) is 6.16. The monoisotopic (exact) mass is 401 g/mol. The number of imide groups is 1. The van der Waals surface area contributed by atoms with Gasteiger partial charge >= 0.3 is 0 Å². The third kappa shape index (κ3) is 3.81. The number of nitrogens with zero attached hydrogens (tertiary/aromatic N) is 5. The molecule has 0 radical (unpaired) electrons. The Morgan fingerprint density at radius 3 is 2.81 bits per heavy atom. The quantitative estimate of drug-likeness (QED) is 0.627. The van der Waals surface area contributed by atoms with E-state index in [9.17, 15) is 9.59 Å². The summed E-state index contributed by atoms with van der Waals surface area (Å²) in [5.41, 5.74) is 0.452. The van der Waals surface area contributed by atoms with E-state index in [0.29, 0.717) is 34.5 Å². The second-order valence-corrected chi connectivity index (χ2v) is 7.77. The Morgan fingerprint density at radius 2 is 2.04 bits per heavy atom. The Hall–Kier alpha value is -2.45. The van der Waals surface area contributed by atoms with E-state index in [1.807, 2.05) is 0 Å². The van der Waals surface area contributed by atoms with E-state index in [-0.39, 0.29) is 11.8 Å². The first-order chi connectivity index (χ1) is 13.1. The van der Waals surface area contributed by atoms with E-state index >= 15 is 0 Å². The van der Waals surface area contributed by atoms with Crippen molar-refractivity contribution >= 4 is 41.0 Å². The second kappa shape index (κ2) is 7.66. The number of benzene rings is 1. The van der Waals surface area contributed by atoms with Gasteiger partial charge in [-0.15, -0.1) is 5.10 Å². The van der Waals surface area contributed by atoms with Crippen molar-refractivity contribution in [1.29, 1.82) is 0 Å². The molecule has 1 unspecified atom stereocenters. The molecule has 0 saturated carbocycles. The summed E-state index contributed by atoms with van der Waals surface area (Å²) in [6.07, 6.45) is 5.71. The Morgan fingerprint density at radius 1 is 1.22 bits per heavy atom. The van der Waals surface area contributed by atoms with Crippen LogP contribution in [-0.2, 0) is 4.79 Å². The number of fused-ring (bicyclic) bond motifs is 1. The Labute approximate surface area is 164 Å². The van der Waals surface area contributed by atoms with E-state index < -0.39 is 5.25 Å².